The number of piperidine rings is 1. The second kappa shape index (κ2) is 10.1. The number of ether oxygens (including phenoxy) is 1. The standard InChI is InChI=1S/C28H36N2O2/c31-28(30-14-4-5-15-30)26-17-23(19-29(20-26)16-13-22-7-2-1-3-8-22)21-32-27-12-11-24-9-6-10-25(24)18-27/h1-3,7-8,11-12,18,23,26H,4-6,9-10,13-17,19-21H2/t23-,26+/m0/s1. The number of carbonyl (C=O) groups is 1. The van der Waals surface area contributed by atoms with Gasteiger partial charge in [0.2, 0.25) is 5.91 Å². The largest absolute Gasteiger partial charge is 0.493 e. The minimum absolute atomic E-state index is 0.103. The van der Waals surface area contributed by atoms with E-state index in [0.29, 0.717) is 18.4 Å². The van der Waals surface area contributed by atoms with Gasteiger partial charge in [0.05, 0.1) is 12.5 Å². The predicted octanol–water partition coefficient (Wildman–Crippen LogP) is 4.36. The van der Waals surface area contributed by atoms with Crippen LogP contribution in [-0.2, 0) is 24.1 Å². The number of nitrogens with zero attached hydrogens (tertiary/aromatic N) is 2. The van der Waals surface area contributed by atoms with Gasteiger partial charge in [0.15, 0.2) is 0 Å². The van der Waals surface area contributed by atoms with E-state index >= 15 is 0 Å². The Labute approximate surface area is 192 Å². The van der Waals surface area contributed by atoms with E-state index in [2.05, 4.69) is 58.3 Å². The third kappa shape index (κ3) is 5.17. The quantitative estimate of drug-likeness (QED) is 0.652. The molecule has 0 radical (unpaired) electrons. The van der Waals surface area contributed by atoms with Crippen molar-refractivity contribution in [1.82, 2.24) is 9.80 Å². The Hall–Kier alpha value is -2.33. The molecular weight excluding hydrogens is 396 g/mol. The Morgan fingerprint density at radius 2 is 1.75 bits per heavy atom. The minimum atomic E-state index is 0.103. The monoisotopic (exact) mass is 432 g/mol. The lowest BCUT2D eigenvalue weighted by Gasteiger charge is -2.38. The molecule has 0 N–H and O–H groups in total. The summed E-state index contributed by atoms with van der Waals surface area (Å²) in [6.07, 6.45) is 7.93. The van der Waals surface area contributed by atoms with Crippen molar-refractivity contribution in [3.8, 4) is 5.75 Å². The Balaban J connectivity index is 1.23. The molecule has 170 valence electrons. The topological polar surface area (TPSA) is 32.8 Å². The lowest BCUT2D eigenvalue weighted by Crippen LogP contribution is -2.48. The molecule has 4 nitrogen and oxygen atoms in total. The Kier molecular flexibility index (Phi) is 6.77. The predicted molar refractivity (Wildman–Crippen MR) is 128 cm³/mol. The summed E-state index contributed by atoms with van der Waals surface area (Å²) in [6.45, 7) is 5.48. The summed E-state index contributed by atoms with van der Waals surface area (Å²) in [5.74, 6) is 1.86. The molecule has 0 unspecified atom stereocenters. The number of amides is 1. The lowest BCUT2D eigenvalue weighted by molar-refractivity contribution is -0.137. The Morgan fingerprint density at radius 1 is 0.938 bits per heavy atom. The summed E-state index contributed by atoms with van der Waals surface area (Å²) >= 11 is 0. The van der Waals surface area contributed by atoms with Crippen molar-refractivity contribution < 1.29 is 9.53 Å². The number of rotatable bonds is 7. The molecule has 4 heteroatoms. The van der Waals surface area contributed by atoms with E-state index in [1.165, 1.54) is 36.0 Å². The maximum absolute atomic E-state index is 13.2. The van der Waals surface area contributed by atoms with Crippen LogP contribution in [0.3, 0.4) is 0 Å². The van der Waals surface area contributed by atoms with Crippen LogP contribution < -0.4 is 4.74 Å². The molecule has 2 aromatic rings. The van der Waals surface area contributed by atoms with Gasteiger partial charge in [-0.2, -0.15) is 0 Å². The summed E-state index contributed by atoms with van der Waals surface area (Å²) in [7, 11) is 0. The molecule has 2 fully saturated rings. The maximum atomic E-state index is 13.2. The van der Waals surface area contributed by atoms with Crippen molar-refractivity contribution in [2.24, 2.45) is 11.8 Å². The van der Waals surface area contributed by atoms with Crippen LogP contribution in [0.15, 0.2) is 48.5 Å². The second-order valence-electron chi connectivity index (χ2n) is 9.92. The molecular formula is C28H36N2O2. The first kappa shape index (κ1) is 21.5. The van der Waals surface area contributed by atoms with Gasteiger partial charge in [-0.1, -0.05) is 36.4 Å². The molecule has 32 heavy (non-hydrogen) atoms. The lowest BCUT2D eigenvalue weighted by atomic mass is 9.88. The summed E-state index contributed by atoms with van der Waals surface area (Å²) in [5.41, 5.74) is 4.31. The molecule has 0 saturated carbocycles. The third-order valence-electron chi connectivity index (χ3n) is 7.50. The van der Waals surface area contributed by atoms with Crippen molar-refractivity contribution in [3.05, 3.63) is 65.2 Å². The highest BCUT2D eigenvalue weighted by atomic mass is 16.5. The number of likely N-dealkylation sites (tertiary alicyclic amines) is 2. The van der Waals surface area contributed by atoms with Gasteiger partial charge in [0.1, 0.15) is 5.75 Å². The van der Waals surface area contributed by atoms with Crippen LogP contribution in [0.5, 0.6) is 5.75 Å². The van der Waals surface area contributed by atoms with E-state index in [1.807, 2.05) is 0 Å². The molecule has 1 amide bonds. The van der Waals surface area contributed by atoms with Gasteiger partial charge in [0.25, 0.3) is 0 Å². The van der Waals surface area contributed by atoms with Crippen LogP contribution in [0.25, 0.3) is 0 Å². The second-order valence-corrected chi connectivity index (χ2v) is 9.92. The van der Waals surface area contributed by atoms with Crippen molar-refractivity contribution in [2.75, 3.05) is 39.3 Å². The van der Waals surface area contributed by atoms with E-state index in [-0.39, 0.29) is 5.92 Å². The Morgan fingerprint density at radius 3 is 2.59 bits per heavy atom. The van der Waals surface area contributed by atoms with Crippen molar-refractivity contribution in [2.45, 2.75) is 44.9 Å². The van der Waals surface area contributed by atoms with Gasteiger partial charge in [-0.05, 0) is 73.8 Å². The molecule has 2 saturated heterocycles. The van der Waals surface area contributed by atoms with Crippen LogP contribution in [0, 0.1) is 11.8 Å². The number of hydrogen-bond donors (Lipinski definition) is 0. The minimum Gasteiger partial charge on any atom is -0.493 e. The van der Waals surface area contributed by atoms with Gasteiger partial charge < -0.3 is 14.5 Å². The zero-order valence-corrected chi connectivity index (χ0v) is 19.2. The highest BCUT2D eigenvalue weighted by molar-refractivity contribution is 5.79. The number of fused-ring (bicyclic) bond motifs is 1. The van der Waals surface area contributed by atoms with E-state index < -0.39 is 0 Å². The average molecular weight is 433 g/mol. The molecule has 3 aliphatic rings. The van der Waals surface area contributed by atoms with E-state index in [4.69, 9.17) is 4.74 Å². The van der Waals surface area contributed by atoms with Gasteiger partial charge in [-0.25, -0.2) is 0 Å². The molecule has 0 spiro atoms. The maximum Gasteiger partial charge on any atom is 0.226 e. The SMILES string of the molecule is O=C([C@@H]1C[C@H](COc2ccc3c(c2)CCC3)CN(CCc2ccccc2)C1)N1CCCC1. The van der Waals surface area contributed by atoms with Crippen molar-refractivity contribution in [3.63, 3.8) is 0 Å². The molecule has 5 rings (SSSR count). The number of carbonyl (C=O) groups excluding carboxylic acids is 1. The fraction of sp³-hybridized carbons (Fsp3) is 0.536. The highest BCUT2D eigenvalue weighted by Crippen LogP contribution is 2.29. The fourth-order valence-electron chi connectivity index (χ4n) is 5.76. The fourth-order valence-corrected chi connectivity index (χ4v) is 5.76. The summed E-state index contributed by atoms with van der Waals surface area (Å²) in [6, 6.07) is 17.3. The van der Waals surface area contributed by atoms with E-state index in [1.54, 1.807) is 0 Å². The first-order valence-corrected chi connectivity index (χ1v) is 12.5. The van der Waals surface area contributed by atoms with Crippen LogP contribution in [-0.4, -0.2) is 55.0 Å². The van der Waals surface area contributed by atoms with Crippen molar-refractivity contribution >= 4 is 5.91 Å². The molecule has 2 aromatic carbocycles. The molecule has 2 aliphatic heterocycles. The van der Waals surface area contributed by atoms with Crippen LogP contribution in [0.4, 0.5) is 0 Å². The average Bonchev–Trinajstić information content (AvgIpc) is 3.53. The zero-order chi connectivity index (χ0) is 21.8. The molecule has 2 atom stereocenters. The normalized spacial score (nSPS) is 23.3. The highest BCUT2D eigenvalue weighted by Gasteiger charge is 2.34. The number of aryl methyl sites for hydroxylation is 2. The summed E-state index contributed by atoms with van der Waals surface area (Å²) in [5, 5.41) is 0. The van der Waals surface area contributed by atoms with Crippen LogP contribution in [0.2, 0.25) is 0 Å². The first-order valence-electron chi connectivity index (χ1n) is 12.5. The molecule has 0 aromatic heterocycles. The van der Waals surface area contributed by atoms with Gasteiger partial charge in [0, 0.05) is 38.6 Å². The van der Waals surface area contributed by atoms with E-state index in [0.717, 1.165) is 64.2 Å². The van der Waals surface area contributed by atoms with Crippen LogP contribution in [0.1, 0.15) is 42.4 Å². The molecule has 1 aliphatic carbocycles. The van der Waals surface area contributed by atoms with Gasteiger partial charge >= 0.3 is 0 Å². The van der Waals surface area contributed by atoms with E-state index in [9.17, 15) is 4.79 Å². The van der Waals surface area contributed by atoms with Crippen LogP contribution >= 0.6 is 0 Å². The third-order valence-corrected chi connectivity index (χ3v) is 7.50. The summed E-state index contributed by atoms with van der Waals surface area (Å²) < 4.78 is 6.28. The molecule has 2 heterocycles. The summed E-state index contributed by atoms with van der Waals surface area (Å²) in [4.78, 5) is 17.8. The number of benzene rings is 2. The van der Waals surface area contributed by atoms with Gasteiger partial charge in [-0.3, -0.25) is 4.79 Å². The smallest absolute Gasteiger partial charge is 0.226 e. The Bertz CT molecular complexity index is 907. The van der Waals surface area contributed by atoms with Gasteiger partial charge in [-0.15, -0.1) is 0 Å². The van der Waals surface area contributed by atoms with Crippen molar-refractivity contribution in [1.29, 1.82) is 0 Å². The molecule has 0 bridgehead atoms. The number of hydrogen-bond acceptors (Lipinski definition) is 3. The first-order chi connectivity index (χ1) is 15.7. The zero-order valence-electron chi connectivity index (χ0n) is 19.2.